The fourth-order valence-electron chi connectivity index (χ4n) is 2.95. The van der Waals surface area contributed by atoms with E-state index in [4.69, 9.17) is 0 Å². The molecule has 0 saturated carbocycles. The van der Waals surface area contributed by atoms with Crippen LogP contribution in [0.15, 0.2) is 47.6 Å². The van der Waals surface area contributed by atoms with E-state index >= 15 is 0 Å². The average Bonchev–Trinajstić information content (AvgIpc) is 3.15. The van der Waals surface area contributed by atoms with E-state index in [1.807, 2.05) is 57.2 Å². The molecule has 7 nitrogen and oxygen atoms in total. The minimum atomic E-state index is -0.0977. The molecule has 0 N–H and O–H groups in total. The second-order valence-corrected chi connectivity index (χ2v) is 6.33. The first-order valence-electron chi connectivity index (χ1n) is 8.36. The highest BCUT2D eigenvalue weighted by atomic mass is 16.2. The van der Waals surface area contributed by atoms with Crippen molar-refractivity contribution >= 4 is 17.4 Å². The van der Waals surface area contributed by atoms with Crippen molar-refractivity contribution in [2.45, 2.75) is 27.2 Å². The van der Waals surface area contributed by atoms with Crippen LogP contribution < -0.4 is 5.01 Å². The third-order valence-electron chi connectivity index (χ3n) is 4.09. The molecule has 0 saturated heterocycles. The van der Waals surface area contributed by atoms with Crippen LogP contribution in [-0.4, -0.2) is 31.4 Å². The third kappa shape index (κ3) is 2.88. The van der Waals surface area contributed by atoms with Gasteiger partial charge in [-0.05, 0) is 26.8 Å². The molecule has 0 fully saturated rings. The van der Waals surface area contributed by atoms with Gasteiger partial charge in [0.25, 0.3) is 5.91 Å². The van der Waals surface area contributed by atoms with Gasteiger partial charge in [-0.3, -0.25) is 4.79 Å². The Labute approximate surface area is 151 Å². The number of nitrogens with zero attached hydrogens (tertiary/aromatic N) is 6. The molecule has 1 aliphatic rings. The number of anilines is 1. The molecule has 2 aromatic heterocycles. The van der Waals surface area contributed by atoms with Crippen molar-refractivity contribution in [1.29, 1.82) is 0 Å². The van der Waals surface area contributed by atoms with Crippen molar-refractivity contribution in [3.63, 3.8) is 0 Å². The van der Waals surface area contributed by atoms with Crippen LogP contribution >= 0.6 is 0 Å². The molecule has 1 aromatic carbocycles. The molecule has 1 amide bonds. The zero-order valence-corrected chi connectivity index (χ0v) is 14.8. The lowest BCUT2D eigenvalue weighted by atomic mass is 10.2. The lowest BCUT2D eigenvalue weighted by Crippen LogP contribution is -2.21. The number of carbonyl (C=O) groups excluding carboxylic acids is 1. The zero-order chi connectivity index (χ0) is 18.3. The van der Waals surface area contributed by atoms with E-state index in [0.29, 0.717) is 23.9 Å². The molecule has 0 aliphatic carbocycles. The molecule has 0 bridgehead atoms. The van der Waals surface area contributed by atoms with E-state index in [2.05, 4.69) is 20.2 Å². The van der Waals surface area contributed by atoms with Crippen molar-refractivity contribution in [3.8, 4) is 17.2 Å². The topological polar surface area (TPSA) is 76.3 Å². The fraction of sp³-hybridized carbons (Fsp3) is 0.211. The van der Waals surface area contributed by atoms with Crippen LogP contribution in [0.5, 0.6) is 0 Å². The van der Waals surface area contributed by atoms with Gasteiger partial charge < -0.3 is 0 Å². The molecule has 0 spiro atoms. The van der Waals surface area contributed by atoms with Gasteiger partial charge in [-0.1, -0.05) is 30.3 Å². The van der Waals surface area contributed by atoms with Crippen molar-refractivity contribution in [2.24, 2.45) is 5.10 Å². The van der Waals surface area contributed by atoms with E-state index in [1.165, 1.54) is 5.01 Å². The molecule has 0 unspecified atom stereocenters. The highest BCUT2D eigenvalue weighted by Gasteiger charge is 2.25. The van der Waals surface area contributed by atoms with Crippen LogP contribution in [-0.2, 0) is 4.79 Å². The molecule has 130 valence electrons. The number of rotatable bonds is 3. The summed E-state index contributed by atoms with van der Waals surface area (Å²) in [5.74, 6) is 1.48. The lowest BCUT2D eigenvalue weighted by molar-refractivity contribution is -0.116. The number of aryl methyl sites for hydroxylation is 2. The highest BCUT2D eigenvalue weighted by Crippen LogP contribution is 2.25. The molecule has 4 rings (SSSR count). The number of benzene rings is 1. The van der Waals surface area contributed by atoms with Crippen LogP contribution in [0.25, 0.3) is 17.2 Å². The average molecular weight is 346 g/mol. The predicted octanol–water partition coefficient (Wildman–Crippen LogP) is 3.06. The van der Waals surface area contributed by atoms with E-state index in [1.54, 1.807) is 10.7 Å². The van der Waals surface area contributed by atoms with Crippen LogP contribution in [0, 0.1) is 13.8 Å². The summed E-state index contributed by atoms with van der Waals surface area (Å²) < 4.78 is 1.75. The largest absolute Gasteiger partial charge is 0.272 e. The van der Waals surface area contributed by atoms with Crippen molar-refractivity contribution in [3.05, 3.63) is 53.9 Å². The molecule has 3 heterocycles. The quantitative estimate of drug-likeness (QED) is 0.730. The van der Waals surface area contributed by atoms with Gasteiger partial charge in [-0.2, -0.15) is 15.2 Å². The maximum atomic E-state index is 12.3. The predicted molar refractivity (Wildman–Crippen MR) is 99.3 cm³/mol. The Morgan fingerprint density at radius 2 is 1.69 bits per heavy atom. The normalized spacial score (nSPS) is 14.0. The molecular weight excluding hydrogens is 328 g/mol. The number of hydrogen-bond donors (Lipinski definition) is 0. The van der Waals surface area contributed by atoms with Gasteiger partial charge in [0.15, 0.2) is 17.5 Å². The van der Waals surface area contributed by atoms with Gasteiger partial charge in [0.2, 0.25) is 0 Å². The monoisotopic (exact) mass is 346 g/mol. The first-order chi connectivity index (χ1) is 12.5. The Hall–Kier alpha value is -3.35. The van der Waals surface area contributed by atoms with Crippen molar-refractivity contribution < 1.29 is 4.79 Å². The summed E-state index contributed by atoms with van der Waals surface area (Å²) in [4.78, 5) is 21.5. The van der Waals surface area contributed by atoms with Gasteiger partial charge >= 0.3 is 0 Å². The van der Waals surface area contributed by atoms with Crippen LogP contribution in [0.1, 0.15) is 24.7 Å². The first-order valence-corrected chi connectivity index (χ1v) is 8.36. The second-order valence-electron chi connectivity index (χ2n) is 6.33. The van der Waals surface area contributed by atoms with Gasteiger partial charge in [0.05, 0.1) is 12.1 Å². The van der Waals surface area contributed by atoms with Gasteiger partial charge in [-0.15, -0.1) is 0 Å². The summed E-state index contributed by atoms with van der Waals surface area (Å²) in [6, 6.07) is 13.4. The summed E-state index contributed by atoms with van der Waals surface area (Å²) in [6.45, 7) is 5.73. The number of amides is 1. The first kappa shape index (κ1) is 16.1. The third-order valence-corrected chi connectivity index (χ3v) is 4.09. The molecule has 0 radical (unpaired) electrons. The van der Waals surface area contributed by atoms with Crippen molar-refractivity contribution in [1.82, 2.24) is 19.7 Å². The van der Waals surface area contributed by atoms with Crippen LogP contribution in [0.3, 0.4) is 0 Å². The van der Waals surface area contributed by atoms with Gasteiger partial charge in [0.1, 0.15) is 0 Å². The number of aromatic nitrogens is 4. The van der Waals surface area contributed by atoms with Gasteiger partial charge in [-0.25, -0.2) is 14.6 Å². The Morgan fingerprint density at radius 1 is 0.962 bits per heavy atom. The summed E-state index contributed by atoms with van der Waals surface area (Å²) in [7, 11) is 0. The molecule has 1 aliphatic heterocycles. The number of carbonyl (C=O) groups is 1. The second kappa shape index (κ2) is 6.18. The zero-order valence-electron chi connectivity index (χ0n) is 14.8. The van der Waals surface area contributed by atoms with Crippen molar-refractivity contribution in [2.75, 3.05) is 5.01 Å². The molecule has 26 heavy (non-hydrogen) atoms. The molecule has 0 atom stereocenters. The minimum absolute atomic E-state index is 0.0977. The maximum absolute atomic E-state index is 12.3. The summed E-state index contributed by atoms with van der Waals surface area (Å²) in [6.07, 6.45) is 0.305. The van der Waals surface area contributed by atoms with E-state index in [9.17, 15) is 4.79 Å². The van der Waals surface area contributed by atoms with Crippen LogP contribution in [0.2, 0.25) is 0 Å². The minimum Gasteiger partial charge on any atom is -0.272 e. The Kier molecular flexibility index (Phi) is 3.84. The Bertz CT molecular complexity index is 1020. The Morgan fingerprint density at radius 3 is 2.31 bits per heavy atom. The van der Waals surface area contributed by atoms with E-state index in [-0.39, 0.29) is 5.91 Å². The molecule has 7 heteroatoms. The molecular formula is C19H18N6O. The SMILES string of the molecule is CC1=NN(c2cc(-n3nc(C)cc3C)nc(-c3ccccc3)n2)C(=O)C1. The number of hydrogen-bond acceptors (Lipinski definition) is 5. The Balaban J connectivity index is 1.90. The fourth-order valence-corrected chi connectivity index (χ4v) is 2.95. The highest BCUT2D eigenvalue weighted by molar-refractivity contribution is 6.11. The summed E-state index contributed by atoms with van der Waals surface area (Å²) >= 11 is 0. The van der Waals surface area contributed by atoms with E-state index < -0.39 is 0 Å². The summed E-state index contributed by atoms with van der Waals surface area (Å²) in [5, 5.41) is 10.2. The summed E-state index contributed by atoms with van der Waals surface area (Å²) in [5.41, 5.74) is 3.49. The number of hydrazone groups is 1. The standard InChI is InChI=1S/C19H18N6O/c1-12-9-14(3)24(22-12)16-11-17(25-18(26)10-13(2)23-25)21-19(20-16)15-7-5-4-6-8-15/h4-9,11H,10H2,1-3H3. The smallest absolute Gasteiger partial charge is 0.254 e. The van der Waals surface area contributed by atoms with Crippen LogP contribution in [0.4, 0.5) is 5.82 Å². The lowest BCUT2D eigenvalue weighted by Gasteiger charge is -2.14. The van der Waals surface area contributed by atoms with Gasteiger partial charge in [0, 0.05) is 23.0 Å². The van der Waals surface area contributed by atoms with E-state index in [0.717, 1.165) is 22.7 Å². The maximum Gasteiger partial charge on any atom is 0.254 e. The molecule has 3 aromatic rings.